The summed E-state index contributed by atoms with van der Waals surface area (Å²) in [5, 5.41) is 20.6. The van der Waals surface area contributed by atoms with Crippen LogP contribution in [-0.2, 0) is 19.1 Å². The number of hydrogen-bond donors (Lipinski definition) is 3. The van der Waals surface area contributed by atoms with Crippen molar-refractivity contribution in [3.05, 3.63) is 0 Å². The van der Waals surface area contributed by atoms with E-state index in [1.165, 1.54) is 11.8 Å². The van der Waals surface area contributed by atoms with Crippen LogP contribution in [0.4, 0.5) is 0 Å². The minimum absolute atomic E-state index is 0.212. The SMILES string of the molecule is C[C@H](O)C(=O)N1CCNCC1COC(=O)C(=O)O. The van der Waals surface area contributed by atoms with Crippen molar-refractivity contribution in [2.45, 2.75) is 19.1 Å². The molecule has 0 saturated carbocycles. The standard InChI is InChI=1S/C10H16N2O6/c1-6(13)8(14)12-3-2-11-4-7(12)5-18-10(17)9(15)16/h6-7,11,13H,2-5H2,1H3,(H,15,16)/t6-,7?/m0/s1. The Morgan fingerprint density at radius 1 is 1.50 bits per heavy atom. The van der Waals surface area contributed by atoms with E-state index in [0.717, 1.165) is 0 Å². The van der Waals surface area contributed by atoms with Crippen LogP contribution in [0.15, 0.2) is 0 Å². The molecule has 1 aliphatic heterocycles. The van der Waals surface area contributed by atoms with Gasteiger partial charge in [-0.05, 0) is 6.92 Å². The monoisotopic (exact) mass is 260 g/mol. The lowest BCUT2D eigenvalue weighted by Gasteiger charge is -2.36. The number of carboxylic acids is 1. The molecule has 0 aromatic carbocycles. The first-order valence-electron chi connectivity index (χ1n) is 5.52. The zero-order valence-electron chi connectivity index (χ0n) is 9.96. The van der Waals surface area contributed by atoms with Crippen molar-refractivity contribution < 1.29 is 29.3 Å². The molecule has 1 unspecified atom stereocenters. The van der Waals surface area contributed by atoms with Crippen molar-refractivity contribution in [3.63, 3.8) is 0 Å². The topological polar surface area (TPSA) is 116 Å². The molecule has 0 aliphatic carbocycles. The average molecular weight is 260 g/mol. The van der Waals surface area contributed by atoms with Crippen LogP contribution in [0, 0.1) is 0 Å². The lowest BCUT2D eigenvalue weighted by Crippen LogP contribution is -2.57. The number of amides is 1. The molecule has 0 bridgehead atoms. The minimum atomic E-state index is -1.67. The Kier molecular flexibility index (Phi) is 5.05. The predicted octanol–water partition coefficient (Wildman–Crippen LogP) is -2.20. The van der Waals surface area contributed by atoms with Crippen LogP contribution in [0.5, 0.6) is 0 Å². The predicted molar refractivity (Wildman–Crippen MR) is 58.6 cm³/mol. The summed E-state index contributed by atoms with van der Waals surface area (Å²) in [6.07, 6.45) is -1.14. The number of carbonyl (C=O) groups excluding carboxylic acids is 2. The molecule has 1 aliphatic rings. The highest BCUT2D eigenvalue weighted by molar-refractivity contribution is 6.28. The van der Waals surface area contributed by atoms with E-state index in [1.54, 1.807) is 0 Å². The number of aliphatic carboxylic acids is 1. The third kappa shape index (κ3) is 3.67. The Morgan fingerprint density at radius 3 is 2.72 bits per heavy atom. The second kappa shape index (κ2) is 6.31. The van der Waals surface area contributed by atoms with Crippen molar-refractivity contribution in [2.75, 3.05) is 26.2 Å². The summed E-state index contributed by atoms with van der Waals surface area (Å²) in [6, 6.07) is -0.468. The molecule has 1 fully saturated rings. The van der Waals surface area contributed by atoms with Crippen LogP contribution < -0.4 is 5.32 Å². The third-order valence-electron chi connectivity index (χ3n) is 2.57. The molecule has 1 saturated heterocycles. The molecule has 1 rings (SSSR count). The van der Waals surface area contributed by atoms with Gasteiger partial charge in [0.05, 0.1) is 6.04 Å². The number of nitrogens with zero attached hydrogens (tertiary/aromatic N) is 1. The lowest BCUT2D eigenvalue weighted by molar-refractivity contribution is -0.166. The minimum Gasteiger partial charge on any atom is -0.473 e. The molecular weight excluding hydrogens is 244 g/mol. The van der Waals surface area contributed by atoms with E-state index in [9.17, 15) is 19.5 Å². The quantitative estimate of drug-likeness (QED) is 0.389. The van der Waals surface area contributed by atoms with Gasteiger partial charge in [-0.25, -0.2) is 9.59 Å². The van der Waals surface area contributed by atoms with E-state index in [0.29, 0.717) is 19.6 Å². The van der Waals surface area contributed by atoms with Gasteiger partial charge in [0.15, 0.2) is 0 Å². The van der Waals surface area contributed by atoms with Gasteiger partial charge in [0.2, 0.25) is 0 Å². The molecule has 102 valence electrons. The van der Waals surface area contributed by atoms with Gasteiger partial charge in [-0.2, -0.15) is 0 Å². The molecule has 1 heterocycles. The largest absolute Gasteiger partial charge is 0.473 e. The fourth-order valence-corrected chi connectivity index (χ4v) is 1.67. The number of ether oxygens (including phenoxy) is 1. The Hall–Kier alpha value is -1.67. The summed E-state index contributed by atoms with van der Waals surface area (Å²) in [6.45, 7) is 2.47. The first-order chi connectivity index (χ1) is 8.43. The second-order valence-corrected chi connectivity index (χ2v) is 3.97. The number of rotatable bonds is 3. The molecule has 2 atom stereocenters. The normalized spacial score (nSPS) is 21.2. The van der Waals surface area contributed by atoms with E-state index in [2.05, 4.69) is 10.1 Å². The zero-order chi connectivity index (χ0) is 13.7. The maximum Gasteiger partial charge on any atom is 0.417 e. The third-order valence-corrected chi connectivity index (χ3v) is 2.57. The molecule has 0 aromatic heterocycles. The van der Waals surface area contributed by atoms with Crippen LogP contribution in [0.1, 0.15) is 6.92 Å². The highest BCUT2D eigenvalue weighted by Crippen LogP contribution is 2.07. The van der Waals surface area contributed by atoms with E-state index >= 15 is 0 Å². The number of carboxylic acid groups (broad SMARTS) is 1. The smallest absolute Gasteiger partial charge is 0.417 e. The highest BCUT2D eigenvalue weighted by Gasteiger charge is 2.30. The first-order valence-corrected chi connectivity index (χ1v) is 5.52. The number of hydrogen-bond acceptors (Lipinski definition) is 6. The van der Waals surface area contributed by atoms with Crippen LogP contribution in [0.25, 0.3) is 0 Å². The molecule has 0 spiro atoms. The second-order valence-electron chi connectivity index (χ2n) is 3.97. The summed E-state index contributed by atoms with van der Waals surface area (Å²) in [5.74, 6) is -3.50. The number of aliphatic hydroxyl groups excluding tert-OH is 1. The Labute approximate surface area is 104 Å². The highest BCUT2D eigenvalue weighted by atomic mass is 16.6. The Bertz CT molecular complexity index is 343. The fraction of sp³-hybridized carbons (Fsp3) is 0.700. The maximum absolute atomic E-state index is 11.7. The van der Waals surface area contributed by atoms with Crippen molar-refractivity contribution in [1.29, 1.82) is 0 Å². The molecular formula is C10H16N2O6. The average Bonchev–Trinajstić information content (AvgIpc) is 2.35. The maximum atomic E-state index is 11.7. The zero-order valence-corrected chi connectivity index (χ0v) is 9.96. The van der Waals surface area contributed by atoms with Gasteiger partial charge in [-0.1, -0.05) is 0 Å². The first kappa shape index (κ1) is 14.4. The molecule has 1 amide bonds. The van der Waals surface area contributed by atoms with Gasteiger partial charge in [0, 0.05) is 19.6 Å². The Balaban J connectivity index is 2.57. The lowest BCUT2D eigenvalue weighted by atomic mass is 10.2. The number of piperazine rings is 1. The van der Waals surface area contributed by atoms with Gasteiger partial charge >= 0.3 is 11.9 Å². The number of carbonyl (C=O) groups is 3. The van der Waals surface area contributed by atoms with Crippen LogP contribution in [0.3, 0.4) is 0 Å². The van der Waals surface area contributed by atoms with Gasteiger partial charge in [-0.15, -0.1) is 0 Å². The number of aliphatic hydroxyl groups is 1. The van der Waals surface area contributed by atoms with Crippen LogP contribution in [0.2, 0.25) is 0 Å². The van der Waals surface area contributed by atoms with Crippen LogP contribution >= 0.6 is 0 Å². The molecule has 18 heavy (non-hydrogen) atoms. The number of esters is 1. The summed E-state index contributed by atoms with van der Waals surface area (Å²) in [5.41, 5.74) is 0. The summed E-state index contributed by atoms with van der Waals surface area (Å²) < 4.78 is 4.55. The van der Waals surface area contributed by atoms with E-state index in [-0.39, 0.29) is 6.61 Å². The van der Waals surface area contributed by atoms with Crippen molar-refractivity contribution in [1.82, 2.24) is 10.2 Å². The van der Waals surface area contributed by atoms with Crippen molar-refractivity contribution in [2.24, 2.45) is 0 Å². The fourth-order valence-electron chi connectivity index (χ4n) is 1.67. The van der Waals surface area contributed by atoms with E-state index in [1.807, 2.05) is 0 Å². The summed E-state index contributed by atoms with van der Waals surface area (Å²) in [7, 11) is 0. The molecule has 0 radical (unpaired) electrons. The van der Waals surface area contributed by atoms with Crippen LogP contribution in [-0.4, -0.2) is 71.3 Å². The molecule has 8 nitrogen and oxygen atoms in total. The van der Waals surface area contributed by atoms with Crippen molar-refractivity contribution >= 4 is 17.8 Å². The van der Waals surface area contributed by atoms with E-state index in [4.69, 9.17) is 5.11 Å². The molecule has 0 aromatic rings. The number of nitrogens with one attached hydrogen (secondary N) is 1. The van der Waals surface area contributed by atoms with Crippen molar-refractivity contribution in [3.8, 4) is 0 Å². The van der Waals surface area contributed by atoms with Gasteiger partial charge in [0.25, 0.3) is 5.91 Å². The van der Waals surface area contributed by atoms with Gasteiger partial charge < -0.3 is 25.2 Å². The van der Waals surface area contributed by atoms with E-state index < -0.39 is 30.0 Å². The summed E-state index contributed by atoms with van der Waals surface area (Å²) in [4.78, 5) is 34.1. The van der Waals surface area contributed by atoms with Gasteiger partial charge in [-0.3, -0.25) is 4.79 Å². The Morgan fingerprint density at radius 2 is 2.17 bits per heavy atom. The molecule has 3 N–H and O–H groups in total. The summed E-state index contributed by atoms with van der Waals surface area (Å²) >= 11 is 0. The molecule has 8 heteroatoms. The van der Waals surface area contributed by atoms with Gasteiger partial charge in [0.1, 0.15) is 12.7 Å².